The number of ether oxygens (including phenoxy) is 1. The van der Waals surface area contributed by atoms with Crippen LogP contribution in [0.3, 0.4) is 0 Å². The molecule has 1 atom stereocenters. The lowest BCUT2D eigenvalue weighted by Crippen LogP contribution is -2.40. The molecule has 0 bridgehead atoms. The van der Waals surface area contributed by atoms with Gasteiger partial charge in [-0.15, -0.1) is 0 Å². The van der Waals surface area contributed by atoms with Gasteiger partial charge in [0, 0.05) is 43.5 Å². The largest absolute Gasteiger partial charge is 0.457 e. The highest BCUT2D eigenvalue weighted by Crippen LogP contribution is 2.32. The van der Waals surface area contributed by atoms with Crippen molar-refractivity contribution < 1.29 is 22.7 Å². The van der Waals surface area contributed by atoms with Crippen molar-refractivity contribution in [3.8, 4) is 5.19 Å². The van der Waals surface area contributed by atoms with Gasteiger partial charge in [-0.1, -0.05) is 17.4 Å². The van der Waals surface area contributed by atoms with Gasteiger partial charge < -0.3 is 19.5 Å². The Morgan fingerprint density at radius 1 is 1.22 bits per heavy atom. The number of aromatic nitrogens is 2. The number of hydrogen-bond donors (Lipinski definition) is 1. The van der Waals surface area contributed by atoms with Gasteiger partial charge in [0.05, 0.1) is 5.69 Å². The minimum absolute atomic E-state index is 0.108. The van der Waals surface area contributed by atoms with E-state index < -0.39 is 12.3 Å². The molecule has 1 fully saturated rings. The molecule has 2 aromatic heterocycles. The van der Waals surface area contributed by atoms with Gasteiger partial charge in [0.2, 0.25) is 0 Å². The minimum atomic E-state index is -4.40. The Balaban J connectivity index is 1.18. The second-order valence-corrected chi connectivity index (χ2v) is 10.8. The summed E-state index contributed by atoms with van der Waals surface area (Å²) >= 11 is 1.23. The van der Waals surface area contributed by atoms with E-state index in [1.165, 1.54) is 22.0 Å². The van der Waals surface area contributed by atoms with Crippen molar-refractivity contribution in [2.45, 2.75) is 70.2 Å². The van der Waals surface area contributed by atoms with Crippen molar-refractivity contribution in [3.05, 3.63) is 44.8 Å². The van der Waals surface area contributed by atoms with Gasteiger partial charge in [0.25, 0.3) is 16.7 Å². The standard InChI is InChI=1S/C25H33F3N4O3S/c1-16(25(26,27)28)35-24-30-19-11-14-32(15-12-21(19)36-24)13-10-17-6-8-18(9-7-17)29-23(34)20-4-3-5-22(33)31(20)2/h3-5,16-18H,6-15H2,1-2H3,(H,29,34)/t16-,17?,18?/m0/s1. The maximum Gasteiger partial charge on any atom is 0.425 e. The van der Waals surface area contributed by atoms with Gasteiger partial charge in [-0.2, -0.15) is 13.2 Å². The fourth-order valence-electron chi connectivity index (χ4n) is 4.89. The summed E-state index contributed by atoms with van der Waals surface area (Å²) in [6.45, 7) is 3.69. The van der Waals surface area contributed by atoms with Gasteiger partial charge in [-0.25, -0.2) is 4.98 Å². The van der Waals surface area contributed by atoms with Gasteiger partial charge >= 0.3 is 6.18 Å². The van der Waals surface area contributed by atoms with Gasteiger partial charge in [0.1, 0.15) is 5.69 Å². The maximum atomic E-state index is 12.8. The highest BCUT2D eigenvalue weighted by atomic mass is 32.1. The first-order valence-electron chi connectivity index (χ1n) is 12.5. The van der Waals surface area contributed by atoms with Crippen LogP contribution in [-0.2, 0) is 19.9 Å². The van der Waals surface area contributed by atoms with Crippen molar-refractivity contribution >= 4 is 17.2 Å². The number of rotatable bonds is 7. The number of carbonyl (C=O) groups is 1. The fourth-order valence-corrected chi connectivity index (χ4v) is 5.91. The number of amides is 1. The number of nitrogens with zero attached hydrogens (tertiary/aromatic N) is 3. The lowest BCUT2D eigenvalue weighted by molar-refractivity contribution is -0.189. The number of nitrogens with one attached hydrogen (secondary N) is 1. The molecule has 1 aliphatic carbocycles. The monoisotopic (exact) mass is 526 g/mol. The summed E-state index contributed by atoms with van der Waals surface area (Å²) < 4.78 is 44.7. The van der Waals surface area contributed by atoms with Gasteiger partial charge in [-0.3, -0.25) is 9.59 Å². The Hall–Kier alpha value is -2.40. The number of carbonyl (C=O) groups excluding carboxylic acids is 1. The average Bonchev–Trinajstić information content (AvgIpc) is 3.11. The van der Waals surface area contributed by atoms with Crippen LogP contribution in [0.2, 0.25) is 0 Å². The number of thiazole rings is 1. The molecule has 7 nitrogen and oxygen atoms in total. The lowest BCUT2D eigenvalue weighted by atomic mass is 9.84. The van der Waals surface area contributed by atoms with Gasteiger partial charge in [-0.05, 0) is 64.0 Å². The smallest absolute Gasteiger partial charge is 0.425 e. The molecule has 0 aromatic carbocycles. The minimum Gasteiger partial charge on any atom is -0.457 e. The van der Waals surface area contributed by atoms with E-state index >= 15 is 0 Å². The summed E-state index contributed by atoms with van der Waals surface area (Å²) in [7, 11) is 1.60. The zero-order valence-corrected chi connectivity index (χ0v) is 21.5. The molecule has 1 amide bonds. The van der Waals surface area contributed by atoms with Crippen LogP contribution in [-0.4, -0.2) is 58.3 Å². The molecule has 0 saturated heterocycles. The molecule has 0 radical (unpaired) electrons. The normalized spacial score (nSPS) is 21.9. The number of halogens is 3. The number of alkyl halides is 3. The predicted molar refractivity (Wildman–Crippen MR) is 132 cm³/mol. The summed E-state index contributed by atoms with van der Waals surface area (Å²) in [5.41, 5.74) is 1.04. The van der Waals surface area contributed by atoms with Crippen molar-refractivity contribution in [3.63, 3.8) is 0 Å². The Kier molecular flexibility index (Phi) is 8.39. The zero-order valence-electron chi connectivity index (χ0n) is 20.6. The quantitative estimate of drug-likeness (QED) is 0.591. The SMILES string of the molecule is C[C@H](Oc1nc2c(s1)CCN(CCC1CCC(NC(=O)c3cccc(=O)n3C)CC1)CC2)C(F)(F)F. The first kappa shape index (κ1) is 26.7. The maximum absolute atomic E-state index is 12.8. The van der Waals surface area contributed by atoms with Crippen LogP contribution in [0.15, 0.2) is 23.0 Å². The first-order valence-corrected chi connectivity index (χ1v) is 13.3. The molecular formula is C25H33F3N4O3S. The van der Waals surface area contributed by atoms with Crippen LogP contribution in [0.25, 0.3) is 0 Å². The van der Waals surface area contributed by atoms with E-state index in [1.54, 1.807) is 19.2 Å². The second-order valence-electron chi connectivity index (χ2n) is 9.78. The van der Waals surface area contributed by atoms with Crippen LogP contribution >= 0.6 is 11.3 Å². The van der Waals surface area contributed by atoms with E-state index in [0.717, 1.165) is 82.1 Å². The molecule has 36 heavy (non-hydrogen) atoms. The molecule has 1 aliphatic heterocycles. The fraction of sp³-hybridized carbons (Fsp3) is 0.640. The van der Waals surface area contributed by atoms with Crippen molar-refractivity contribution in [2.75, 3.05) is 19.6 Å². The second kappa shape index (κ2) is 11.3. The molecular weight excluding hydrogens is 493 g/mol. The Labute approximate surface area is 212 Å². The molecule has 1 saturated carbocycles. The summed E-state index contributed by atoms with van der Waals surface area (Å²) in [5.74, 6) is 0.407. The highest BCUT2D eigenvalue weighted by Gasteiger charge is 2.39. The van der Waals surface area contributed by atoms with E-state index in [9.17, 15) is 22.8 Å². The molecule has 4 rings (SSSR count). The third-order valence-corrected chi connectivity index (χ3v) is 8.32. The van der Waals surface area contributed by atoms with E-state index in [2.05, 4.69) is 15.2 Å². The van der Waals surface area contributed by atoms with E-state index in [1.807, 2.05) is 0 Å². The molecule has 0 spiro atoms. The Morgan fingerprint density at radius 2 is 1.94 bits per heavy atom. The number of hydrogen-bond acceptors (Lipinski definition) is 6. The highest BCUT2D eigenvalue weighted by molar-refractivity contribution is 7.13. The van der Waals surface area contributed by atoms with E-state index in [0.29, 0.717) is 11.6 Å². The van der Waals surface area contributed by atoms with Crippen molar-refractivity contribution in [1.29, 1.82) is 0 Å². The van der Waals surface area contributed by atoms with E-state index in [4.69, 9.17) is 4.74 Å². The lowest BCUT2D eigenvalue weighted by Gasteiger charge is -2.31. The third kappa shape index (κ3) is 6.67. The first-order chi connectivity index (χ1) is 17.1. The molecule has 2 aliphatic rings. The van der Waals surface area contributed by atoms with Gasteiger partial charge in [0.15, 0.2) is 6.10 Å². The summed E-state index contributed by atoms with van der Waals surface area (Å²) in [6, 6.07) is 4.83. The molecule has 198 valence electrons. The average molecular weight is 527 g/mol. The molecule has 1 N–H and O–H groups in total. The Morgan fingerprint density at radius 3 is 2.67 bits per heavy atom. The van der Waals surface area contributed by atoms with Crippen molar-refractivity contribution in [2.24, 2.45) is 13.0 Å². The number of pyridine rings is 1. The number of fused-ring (bicyclic) bond motifs is 1. The molecule has 3 heterocycles. The summed E-state index contributed by atoms with van der Waals surface area (Å²) in [5, 5.41) is 3.19. The topological polar surface area (TPSA) is 76.5 Å². The summed E-state index contributed by atoms with van der Waals surface area (Å²) in [4.78, 5) is 32.1. The third-order valence-electron chi connectivity index (χ3n) is 7.27. The van der Waals surface area contributed by atoms with Crippen LogP contribution in [0.4, 0.5) is 13.2 Å². The van der Waals surface area contributed by atoms with Crippen LogP contribution in [0.5, 0.6) is 5.19 Å². The molecule has 11 heteroatoms. The van der Waals surface area contributed by atoms with Crippen LogP contribution < -0.4 is 15.6 Å². The molecule has 0 unspecified atom stereocenters. The predicted octanol–water partition coefficient (Wildman–Crippen LogP) is 3.95. The Bertz CT molecular complexity index is 1080. The molecule has 2 aromatic rings. The zero-order chi connectivity index (χ0) is 25.9. The van der Waals surface area contributed by atoms with E-state index in [-0.39, 0.29) is 22.7 Å². The summed E-state index contributed by atoms with van der Waals surface area (Å²) in [6.07, 6.45) is 0.292. The van der Waals surface area contributed by atoms with Crippen molar-refractivity contribution in [1.82, 2.24) is 19.8 Å². The van der Waals surface area contributed by atoms with Crippen LogP contribution in [0, 0.1) is 5.92 Å². The van der Waals surface area contributed by atoms with Crippen LogP contribution in [0.1, 0.15) is 60.1 Å².